The minimum absolute atomic E-state index is 0.391. The van der Waals surface area contributed by atoms with Crippen molar-refractivity contribution in [1.82, 2.24) is 0 Å². The third-order valence-corrected chi connectivity index (χ3v) is 3.98. The minimum atomic E-state index is -1.02. The van der Waals surface area contributed by atoms with Crippen LogP contribution in [0.2, 0.25) is 5.02 Å². The van der Waals surface area contributed by atoms with Gasteiger partial charge in [-0.25, -0.2) is 4.79 Å². The smallest absolute Gasteiger partial charge is 0.347 e. The fraction of sp³-hybridized carbons (Fsp3) is 0.300. The van der Waals surface area contributed by atoms with Crippen LogP contribution in [0, 0.1) is 6.92 Å². The van der Waals surface area contributed by atoms with E-state index >= 15 is 0 Å². The number of ether oxygens (including phenoxy) is 3. The fourth-order valence-electron chi connectivity index (χ4n) is 2.20. The highest BCUT2D eigenvalue weighted by Crippen LogP contribution is 2.27. The summed E-state index contributed by atoms with van der Waals surface area (Å²) in [7, 11) is 1.48. The van der Waals surface area contributed by atoms with Crippen LogP contribution in [0.25, 0.3) is 0 Å². The van der Waals surface area contributed by atoms with E-state index in [1.54, 1.807) is 37.3 Å². The summed E-state index contributed by atoms with van der Waals surface area (Å²) in [4.78, 5) is 24.5. The number of anilines is 1. The molecule has 2 aromatic rings. The summed E-state index contributed by atoms with van der Waals surface area (Å²) in [6.07, 6.45) is -1.88. The van der Waals surface area contributed by atoms with Crippen molar-refractivity contribution in [3.63, 3.8) is 0 Å². The van der Waals surface area contributed by atoms with Crippen LogP contribution in [0.4, 0.5) is 5.69 Å². The highest BCUT2D eigenvalue weighted by molar-refractivity contribution is 6.31. The van der Waals surface area contributed by atoms with Gasteiger partial charge in [0.1, 0.15) is 11.5 Å². The summed E-state index contributed by atoms with van der Waals surface area (Å²) in [5, 5.41) is 3.08. The number of hydrogen-bond donors (Lipinski definition) is 1. The van der Waals surface area contributed by atoms with Crippen molar-refractivity contribution in [2.24, 2.45) is 0 Å². The van der Waals surface area contributed by atoms with E-state index in [1.807, 2.05) is 19.1 Å². The molecule has 0 aliphatic rings. The fourth-order valence-corrected chi connectivity index (χ4v) is 2.38. The second-order valence-corrected chi connectivity index (χ2v) is 6.42. The van der Waals surface area contributed by atoms with E-state index in [1.165, 1.54) is 14.0 Å². The minimum Gasteiger partial charge on any atom is -0.495 e. The monoisotopic (exact) mass is 391 g/mol. The van der Waals surface area contributed by atoms with Crippen LogP contribution in [0.15, 0.2) is 42.5 Å². The number of amides is 1. The van der Waals surface area contributed by atoms with Crippen LogP contribution in [0.5, 0.6) is 11.5 Å². The molecule has 0 fully saturated rings. The molecule has 0 radical (unpaired) electrons. The zero-order valence-electron chi connectivity index (χ0n) is 15.6. The van der Waals surface area contributed by atoms with Crippen LogP contribution in [0.1, 0.15) is 19.4 Å². The molecule has 0 heterocycles. The molecule has 7 heteroatoms. The summed E-state index contributed by atoms with van der Waals surface area (Å²) in [6, 6.07) is 12.1. The molecule has 1 amide bonds. The molecule has 0 aromatic heterocycles. The number of carbonyl (C=O) groups is 2. The molecule has 27 heavy (non-hydrogen) atoms. The van der Waals surface area contributed by atoms with Gasteiger partial charge in [-0.05, 0) is 51.1 Å². The lowest BCUT2D eigenvalue weighted by atomic mass is 10.2. The van der Waals surface area contributed by atoms with Crippen molar-refractivity contribution in [2.75, 3.05) is 12.4 Å². The quantitative estimate of drug-likeness (QED) is 0.722. The Kier molecular flexibility index (Phi) is 7.07. The first-order valence-electron chi connectivity index (χ1n) is 8.38. The topological polar surface area (TPSA) is 73.9 Å². The summed E-state index contributed by atoms with van der Waals surface area (Å²) >= 11 is 5.94. The average Bonchev–Trinajstić information content (AvgIpc) is 2.63. The van der Waals surface area contributed by atoms with Crippen LogP contribution in [0.3, 0.4) is 0 Å². The molecule has 0 bridgehead atoms. The number of aryl methyl sites for hydroxylation is 1. The first-order chi connectivity index (χ1) is 12.8. The van der Waals surface area contributed by atoms with Crippen molar-refractivity contribution in [3.8, 4) is 11.5 Å². The van der Waals surface area contributed by atoms with Gasteiger partial charge in [-0.2, -0.15) is 0 Å². The van der Waals surface area contributed by atoms with Crippen LogP contribution >= 0.6 is 11.6 Å². The molecule has 2 rings (SSSR count). The Labute approximate surface area is 163 Å². The van der Waals surface area contributed by atoms with Crippen LogP contribution < -0.4 is 14.8 Å². The Morgan fingerprint density at radius 2 is 1.70 bits per heavy atom. The van der Waals surface area contributed by atoms with Gasteiger partial charge in [-0.3, -0.25) is 4.79 Å². The molecule has 0 aliphatic carbocycles. The second kappa shape index (κ2) is 9.28. The van der Waals surface area contributed by atoms with Gasteiger partial charge in [-0.15, -0.1) is 0 Å². The Morgan fingerprint density at radius 3 is 2.33 bits per heavy atom. The van der Waals surface area contributed by atoms with E-state index in [2.05, 4.69) is 5.32 Å². The van der Waals surface area contributed by atoms with Crippen molar-refractivity contribution < 1.29 is 23.8 Å². The lowest BCUT2D eigenvalue weighted by Crippen LogP contribution is -2.35. The number of esters is 1. The highest BCUT2D eigenvalue weighted by atomic mass is 35.5. The summed E-state index contributed by atoms with van der Waals surface area (Å²) in [5.41, 5.74) is 1.47. The first kappa shape index (κ1) is 20.6. The molecule has 2 aromatic carbocycles. The Balaban J connectivity index is 1.94. The Hall–Kier alpha value is -2.73. The maximum Gasteiger partial charge on any atom is 0.347 e. The van der Waals surface area contributed by atoms with Gasteiger partial charge in [0, 0.05) is 5.02 Å². The van der Waals surface area contributed by atoms with Crippen molar-refractivity contribution >= 4 is 29.2 Å². The summed E-state index contributed by atoms with van der Waals surface area (Å²) < 4.78 is 15.9. The Morgan fingerprint density at radius 1 is 1.04 bits per heavy atom. The number of halogens is 1. The van der Waals surface area contributed by atoms with E-state index in [0.717, 1.165) is 5.56 Å². The normalized spacial score (nSPS) is 12.6. The maximum atomic E-state index is 12.3. The number of carbonyl (C=O) groups excluding carboxylic acids is 2. The summed E-state index contributed by atoms with van der Waals surface area (Å²) in [6.45, 7) is 4.99. The van der Waals surface area contributed by atoms with Gasteiger partial charge in [0.05, 0.1) is 12.8 Å². The molecule has 0 saturated heterocycles. The molecular weight excluding hydrogens is 370 g/mol. The van der Waals surface area contributed by atoms with Gasteiger partial charge in [0.25, 0.3) is 5.91 Å². The second-order valence-electron chi connectivity index (χ2n) is 5.99. The number of hydrogen-bond acceptors (Lipinski definition) is 5. The number of methoxy groups -OCH3 is 1. The van der Waals surface area contributed by atoms with Crippen molar-refractivity contribution in [3.05, 3.63) is 53.1 Å². The van der Waals surface area contributed by atoms with Gasteiger partial charge in [0.2, 0.25) is 0 Å². The average molecular weight is 392 g/mol. The van der Waals surface area contributed by atoms with Crippen molar-refractivity contribution in [1.29, 1.82) is 0 Å². The highest BCUT2D eigenvalue weighted by Gasteiger charge is 2.24. The summed E-state index contributed by atoms with van der Waals surface area (Å²) in [5.74, 6) is -0.157. The Bertz CT molecular complexity index is 807. The molecule has 6 nitrogen and oxygen atoms in total. The molecule has 1 N–H and O–H groups in total. The first-order valence-corrected chi connectivity index (χ1v) is 8.76. The van der Waals surface area contributed by atoms with Gasteiger partial charge in [-0.1, -0.05) is 29.3 Å². The molecule has 144 valence electrons. The van der Waals surface area contributed by atoms with E-state index in [4.69, 9.17) is 25.8 Å². The molecule has 2 unspecified atom stereocenters. The van der Waals surface area contributed by atoms with Gasteiger partial charge in [0.15, 0.2) is 12.2 Å². The number of nitrogens with one attached hydrogen (secondary N) is 1. The third-order valence-electron chi connectivity index (χ3n) is 3.75. The number of rotatable bonds is 7. The lowest BCUT2D eigenvalue weighted by Gasteiger charge is -2.18. The van der Waals surface area contributed by atoms with Crippen LogP contribution in [-0.4, -0.2) is 31.2 Å². The van der Waals surface area contributed by atoms with Crippen molar-refractivity contribution in [2.45, 2.75) is 33.0 Å². The SMILES string of the molecule is COc1ccc(Cl)cc1NC(=O)C(C)OC(=O)C(C)Oc1ccc(C)cc1. The third kappa shape index (κ3) is 5.89. The molecule has 0 saturated carbocycles. The van der Waals surface area contributed by atoms with E-state index in [-0.39, 0.29) is 0 Å². The van der Waals surface area contributed by atoms with Gasteiger partial charge < -0.3 is 19.5 Å². The predicted octanol–water partition coefficient (Wildman–Crippen LogP) is 3.99. The molecule has 0 spiro atoms. The van der Waals surface area contributed by atoms with E-state index < -0.39 is 24.1 Å². The van der Waals surface area contributed by atoms with Gasteiger partial charge >= 0.3 is 5.97 Å². The number of benzene rings is 2. The zero-order valence-corrected chi connectivity index (χ0v) is 16.4. The molecular formula is C20H22ClNO5. The molecule has 2 atom stereocenters. The molecule has 0 aliphatic heterocycles. The van der Waals surface area contributed by atoms with Crippen LogP contribution in [-0.2, 0) is 14.3 Å². The van der Waals surface area contributed by atoms with E-state index in [9.17, 15) is 9.59 Å². The predicted molar refractivity (Wildman–Crippen MR) is 103 cm³/mol. The lowest BCUT2D eigenvalue weighted by molar-refractivity contribution is -0.159. The van der Waals surface area contributed by atoms with E-state index in [0.29, 0.717) is 22.2 Å². The largest absolute Gasteiger partial charge is 0.495 e. The zero-order chi connectivity index (χ0) is 20.0. The standard InChI is InChI=1S/C20H22ClNO5/c1-12-5-8-16(9-6-12)26-14(3)20(24)27-13(2)19(23)22-17-11-15(21)7-10-18(17)25-4/h5-11,13-14H,1-4H3,(H,22,23). The maximum absolute atomic E-state index is 12.3.